The molecule has 1 fully saturated rings. The van der Waals surface area contributed by atoms with Crippen LogP contribution in [0.5, 0.6) is 0 Å². The van der Waals surface area contributed by atoms with Crippen LogP contribution in [0.15, 0.2) is 39.5 Å². The van der Waals surface area contributed by atoms with Gasteiger partial charge in [-0.3, -0.25) is 4.79 Å². The van der Waals surface area contributed by atoms with E-state index < -0.39 is 0 Å². The number of aromatic nitrogens is 2. The minimum Gasteiger partial charge on any atom is -0.369 e. The highest BCUT2D eigenvalue weighted by Crippen LogP contribution is 2.25. The zero-order valence-electron chi connectivity index (χ0n) is 17.4. The van der Waals surface area contributed by atoms with E-state index in [-0.39, 0.29) is 5.91 Å². The lowest BCUT2D eigenvalue weighted by Crippen LogP contribution is -2.46. The Balaban J connectivity index is 1.30. The molecular formula is C22H27N5O2S. The molecule has 1 aromatic carbocycles. The van der Waals surface area contributed by atoms with Crippen molar-refractivity contribution >= 4 is 28.6 Å². The van der Waals surface area contributed by atoms with Crippen molar-refractivity contribution in [2.24, 2.45) is 0 Å². The Labute approximate surface area is 180 Å². The number of carbonyl (C=O) groups excluding carboxylic acids is 1. The van der Waals surface area contributed by atoms with Crippen LogP contribution in [0.4, 0.5) is 11.4 Å². The van der Waals surface area contributed by atoms with Crippen LogP contribution in [0.3, 0.4) is 0 Å². The molecule has 1 aliphatic heterocycles. The molecule has 3 aromatic rings. The molecule has 0 bridgehead atoms. The van der Waals surface area contributed by atoms with E-state index in [2.05, 4.69) is 45.2 Å². The van der Waals surface area contributed by atoms with E-state index in [0.717, 1.165) is 44.0 Å². The predicted octanol–water partition coefficient (Wildman–Crippen LogP) is 3.82. The van der Waals surface area contributed by atoms with Gasteiger partial charge in [0.1, 0.15) is 0 Å². The normalized spacial score (nSPS) is 14.8. The van der Waals surface area contributed by atoms with Gasteiger partial charge in [0.2, 0.25) is 17.6 Å². The molecule has 4 rings (SSSR count). The lowest BCUT2D eigenvalue weighted by atomic mass is 10.1. The molecule has 1 N–H and O–H groups in total. The van der Waals surface area contributed by atoms with Crippen LogP contribution in [-0.2, 0) is 11.2 Å². The number of amides is 1. The van der Waals surface area contributed by atoms with E-state index in [0.29, 0.717) is 24.6 Å². The van der Waals surface area contributed by atoms with Crippen LogP contribution >= 0.6 is 11.3 Å². The van der Waals surface area contributed by atoms with Crippen molar-refractivity contribution < 1.29 is 9.32 Å². The number of thiophene rings is 1. The summed E-state index contributed by atoms with van der Waals surface area (Å²) in [6, 6.07) is 8.08. The molecule has 7 nitrogen and oxygen atoms in total. The van der Waals surface area contributed by atoms with Crippen LogP contribution in [0.2, 0.25) is 0 Å². The van der Waals surface area contributed by atoms with Gasteiger partial charge in [-0.25, -0.2) is 0 Å². The molecule has 0 unspecified atom stereocenters. The third kappa shape index (κ3) is 4.88. The smallest absolute Gasteiger partial charge is 0.227 e. The summed E-state index contributed by atoms with van der Waals surface area (Å²) >= 11 is 1.58. The number of anilines is 2. The van der Waals surface area contributed by atoms with Crippen LogP contribution in [0, 0.1) is 6.92 Å². The molecule has 0 atom stereocenters. The maximum atomic E-state index is 12.4. The highest BCUT2D eigenvalue weighted by molar-refractivity contribution is 7.08. The second kappa shape index (κ2) is 9.40. The minimum atomic E-state index is -0.0611. The third-order valence-electron chi connectivity index (χ3n) is 5.45. The third-order valence-corrected chi connectivity index (χ3v) is 6.14. The Morgan fingerprint density at radius 3 is 2.77 bits per heavy atom. The summed E-state index contributed by atoms with van der Waals surface area (Å²) < 4.78 is 5.26. The Hall–Kier alpha value is -2.71. The molecule has 0 saturated carbocycles. The van der Waals surface area contributed by atoms with Crippen molar-refractivity contribution in [3.8, 4) is 11.4 Å². The highest BCUT2D eigenvalue weighted by atomic mass is 32.1. The number of aryl methyl sites for hydroxylation is 2. The second-order valence-electron chi connectivity index (χ2n) is 7.49. The van der Waals surface area contributed by atoms with Gasteiger partial charge in [0.05, 0.1) is 0 Å². The van der Waals surface area contributed by atoms with Gasteiger partial charge >= 0.3 is 0 Å². The Morgan fingerprint density at radius 1 is 1.23 bits per heavy atom. The lowest BCUT2D eigenvalue weighted by Gasteiger charge is -2.36. The molecule has 158 valence electrons. The van der Waals surface area contributed by atoms with E-state index in [4.69, 9.17) is 4.52 Å². The molecule has 0 radical (unpaired) electrons. The summed E-state index contributed by atoms with van der Waals surface area (Å²) in [5.41, 5.74) is 4.18. The number of carbonyl (C=O) groups is 1. The van der Waals surface area contributed by atoms with E-state index in [1.54, 1.807) is 11.3 Å². The summed E-state index contributed by atoms with van der Waals surface area (Å²) in [4.78, 5) is 21.6. The number of nitrogens with zero attached hydrogens (tertiary/aromatic N) is 4. The summed E-state index contributed by atoms with van der Waals surface area (Å²) in [6.45, 7) is 9.68. The average molecular weight is 426 g/mol. The zero-order valence-corrected chi connectivity index (χ0v) is 18.2. The largest absolute Gasteiger partial charge is 0.369 e. The van der Waals surface area contributed by atoms with Crippen molar-refractivity contribution in [1.82, 2.24) is 15.0 Å². The first-order chi connectivity index (χ1) is 14.6. The fourth-order valence-electron chi connectivity index (χ4n) is 3.70. The molecule has 0 spiro atoms. The van der Waals surface area contributed by atoms with Gasteiger partial charge in [0, 0.05) is 61.3 Å². The van der Waals surface area contributed by atoms with Crippen molar-refractivity contribution in [1.29, 1.82) is 0 Å². The quantitative estimate of drug-likeness (QED) is 0.620. The number of piperazine rings is 1. The molecule has 2 aromatic heterocycles. The fourth-order valence-corrected chi connectivity index (χ4v) is 4.34. The topological polar surface area (TPSA) is 74.5 Å². The summed E-state index contributed by atoms with van der Waals surface area (Å²) in [7, 11) is 0. The van der Waals surface area contributed by atoms with E-state index in [9.17, 15) is 4.79 Å². The van der Waals surface area contributed by atoms with Gasteiger partial charge in [-0.1, -0.05) is 12.1 Å². The van der Waals surface area contributed by atoms with E-state index in [1.807, 2.05) is 29.0 Å². The lowest BCUT2D eigenvalue weighted by molar-refractivity contribution is -0.116. The first-order valence-electron chi connectivity index (χ1n) is 10.4. The fraction of sp³-hybridized carbons (Fsp3) is 0.409. The summed E-state index contributed by atoms with van der Waals surface area (Å²) in [5, 5.41) is 10.9. The maximum Gasteiger partial charge on any atom is 0.227 e. The molecule has 0 aliphatic carbocycles. The molecular weight excluding hydrogens is 398 g/mol. The Morgan fingerprint density at radius 2 is 2.07 bits per heavy atom. The van der Waals surface area contributed by atoms with Crippen LogP contribution < -0.4 is 10.2 Å². The van der Waals surface area contributed by atoms with Gasteiger partial charge in [-0.2, -0.15) is 16.3 Å². The number of nitrogens with one attached hydrogen (secondary N) is 1. The summed E-state index contributed by atoms with van der Waals surface area (Å²) in [6.07, 6.45) is 0.715. The monoisotopic (exact) mass is 425 g/mol. The minimum absolute atomic E-state index is 0.0611. The van der Waals surface area contributed by atoms with Crippen LogP contribution in [0.1, 0.15) is 24.8 Å². The first-order valence-corrected chi connectivity index (χ1v) is 11.3. The standard InChI is InChI=1S/C22H27N5O2S/c1-3-26-9-11-27(12-10-26)19-5-4-18(14-16(19)2)23-20(28)6-7-21-24-22(25-29-21)17-8-13-30-15-17/h4-5,8,13-15H,3,6-7,9-12H2,1-2H3,(H,23,28). The molecule has 8 heteroatoms. The predicted molar refractivity (Wildman–Crippen MR) is 120 cm³/mol. The van der Waals surface area contributed by atoms with Gasteiger partial charge in [-0.05, 0) is 48.7 Å². The number of hydrogen-bond donors (Lipinski definition) is 1. The number of rotatable bonds is 7. The zero-order chi connectivity index (χ0) is 20.9. The number of hydrogen-bond acceptors (Lipinski definition) is 7. The van der Waals surface area contributed by atoms with Gasteiger partial charge in [-0.15, -0.1) is 0 Å². The molecule has 1 saturated heterocycles. The molecule has 30 heavy (non-hydrogen) atoms. The molecule has 1 amide bonds. The van der Waals surface area contributed by atoms with Gasteiger partial charge < -0.3 is 19.6 Å². The van der Waals surface area contributed by atoms with E-state index >= 15 is 0 Å². The van der Waals surface area contributed by atoms with Crippen molar-refractivity contribution in [2.75, 3.05) is 42.9 Å². The van der Waals surface area contributed by atoms with Gasteiger partial charge in [0.25, 0.3) is 0 Å². The number of benzene rings is 1. The van der Waals surface area contributed by atoms with Crippen molar-refractivity contribution in [2.45, 2.75) is 26.7 Å². The van der Waals surface area contributed by atoms with Crippen molar-refractivity contribution in [3.63, 3.8) is 0 Å². The molecule has 1 aliphatic rings. The Bertz CT molecular complexity index is 977. The Kier molecular flexibility index (Phi) is 6.44. The second-order valence-corrected chi connectivity index (χ2v) is 8.27. The SMILES string of the molecule is CCN1CCN(c2ccc(NC(=O)CCc3nc(-c4ccsc4)no3)cc2C)CC1. The molecule has 3 heterocycles. The van der Waals surface area contributed by atoms with Gasteiger partial charge in [0.15, 0.2) is 0 Å². The first kappa shape index (κ1) is 20.6. The summed E-state index contributed by atoms with van der Waals surface area (Å²) in [5.74, 6) is 0.982. The average Bonchev–Trinajstić information content (AvgIpc) is 3.44. The van der Waals surface area contributed by atoms with Crippen LogP contribution in [0.25, 0.3) is 11.4 Å². The highest BCUT2D eigenvalue weighted by Gasteiger charge is 2.17. The maximum absolute atomic E-state index is 12.4. The number of likely N-dealkylation sites (N-methyl/N-ethyl adjacent to an activating group) is 1. The van der Waals surface area contributed by atoms with Crippen LogP contribution in [-0.4, -0.2) is 53.7 Å². The van der Waals surface area contributed by atoms with Crippen molar-refractivity contribution in [3.05, 3.63) is 46.5 Å². The van der Waals surface area contributed by atoms with E-state index in [1.165, 1.54) is 11.3 Å².